The number of carbonyl (C=O) groups excluding carboxylic acids is 2. The lowest BCUT2D eigenvalue weighted by Crippen LogP contribution is -2.28. The van der Waals surface area contributed by atoms with E-state index in [4.69, 9.17) is 4.74 Å². The van der Waals surface area contributed by atoms with Crippen molar-refractivity contribution in [1.29, 1.82) is 0 Å². The van der Waals surface area contributed by atoms with Crippen molar-refractivity contribution in [2.45, 2.75) is 27.3 Å². The van der Waals surface area contributed by atoms with Gasteiger partial charge in [-0.1, -0.05) is 0 Å². The molecule has 1 fully saturated rings. The smallest absolute Gasteiger partial charge is 0.322 e. The molecule has 1 aromatic heterocycles. The summed E-state index contributed by atoms with van der Waals surface area (Å²) in [6, 6.07) is 5.24. The molecule has 0 unspecified atom stereocenters. The van der Waals surface area contributed by atoms with Crippen LogP contribution in [-0.2, 0) is 6.54 Å². The molecule has 1 saturated heterocycles. The van der Waals surface area contributed by atoms with E-state index in [1.807, 2.05) is 26.8 Å². The summed E-state index contributed by atoms with van der Waals surface area (Å²) < 4.78 is 5.40. The second-order valence-electron chi connectivity index (χ2n) is 6.61. The third-order valence-corrected chi connectivity index (χ3v) is 4.77. The molecule has 0 radical (unpaired) electrons. The molecule has 0 aliphatic carbocycles. The molecule has 2 heterocycles. The molecule has 0 bridgehead atoms. The molecule has 1 aromatic carbocycles. The lowest BCUT2D eigenvalue weighted by Gasteiger charge is -2.18. The van der Waals surface area contributed by atoms with Crippen molar-refractivity contribution in [3.8, 4) is 5.75 Å². The van der Waals surface area contributed by atoms with Crippen molar-refractivity contribution in [2.24, 2.45) is 0 Å². The summed E-state index contributed by atoms with van der Waals surface area (Å²) >= 11 is 0. The summed E-state index contributed by atoms with van der Waals surface area (Å²) in [4.78, 5) is 30.5. The van der Waals surface area contributed by atoms with E-state index < -0.39 is 0 Å². The Labute approximate surface area is 158 Å². The average Bonchev–Trinajstić information content (AvgIpc) is 3.07. The van der Waals surface area contributed by atoms with Crippen LogP contribution >= 0.6 is 0 Å². The summed E-state index contributed by atoms with van der Waals surface area (Å²) in [7, 11) is 1.63. The first kappa shape index (κ1) is 18.7. The van der Waals surface area contributed by atoms with Gasteiger partial charge in [0.1, 0.15) is 5.75 Å². The van der Waals surface area contributed by atoms with E-state index in [0.717, 1.165) is 33.8 Å². The number of aryl methyl sites for hydroxylation is 2. The van der Waals surface area contributed by atoms with Crippen molar-refractivity contribution < 1.29 is 14.3 Å². The van der Waals surface area contributed by atoms with Gasteiger partial charge in [-0.2, -0.15) is 0 Å². The van der Waals surface area contributed by atoms with Gasteiger partial charge in [-0.05, 0) is 44.5 Å². The van der Waals surface area contributed by atoms with E-state index in [1.54, 1.807) is 30.3 Å². The SMILES string of the molecule is COc1c(C)cnc(CNC(=O)c2ccc(N3CCNC3=O)c(C)c2)c1C. The predicted molar refractivity (Wildman–Crippen MR) is 103 cm³/mol. The van der Waals surface area contributed by atoms with E-state index in [9.17, 15) is 9.59 Å². The maximum atomic E-state index is 12.5. The van der Waals surface area contributed by atoms with E-state index in [-0.39, 0.29) is 11.9 Å². The first-order valence-electron chi connectivity index (χ1n) is 8.85. The molecule has 7 nitrogen and oxygen atoms in total. The van der Waals surface area contributed by atoms with Gasteiger partial charge in [0, 0.05) is 41.7 Å². The first-order valence-corrected chi connectivity index (χ1v) is 8.85. The lowest BCUT2D eigenvalue weighted by molar-refractivity contribution is 0.0950. The summed E-state index contributed by atoms with van der Waals surface area (Å²) in [5.74, 6) is 0.606. The molecule has 3 rings (SSSR count). The Kier molecular flexibility index (Phi) is 5.30. The molecule has 0 atom stereocenters. The number of pyridine rings is 1. The third-order valence-electron chi connectivity index (χ3n) is 4.77. The molecule has 0 saturated carbocycles. The molecule has 3 amide bonds. The van der Waals surface area contributed by atoms with Crippen molar-refractivity contribution in [2.75, 3.05) is 25.1 Å². The average molecular weight is 368 g/mol. The van der Waals surface area contributed by atoms with Crippen molar-refractivity contribution in [3.05, 3.63) is 52.3 Å². The number of urea groups is 1. The van der Waals surface area contributed by atoms with Crippen LogP contribution in [0.3, 0.4) is 0 Å². The number of amides is 3. The minimum atomic E-state index is -0.184. The lowest BCUT2D eigenvalue weighted by atomic mass is 10.1. The van der Waals surface area contributed by atoms with Crippen molar-refractivity contribution in [3.63, 3.8) is 0 Å². The van der Waals surface area contributed by atoms with Crippen LogP contribution in [0.4, 0.5) is 10.5 Å². The number of anilines is 1. The second-order valence-corrected chi connectivity index (χ2v) is 6.61. The van der Waals surface area contributed by atoms with Crippen molar-refractivity contribution >= 4 is 17.6 Å². The fraction of sp³-hybridized carbons (Fsp3) is 0.350. The van der Waals surface area contributed by atoms with Gasteiger partial charge in [0.2, 0.25) is 0 Å². The highest BCUT2D eigenvalue weighted by atomic mass is 16.5. The van der Waals surface area contributed by atoms with Gasteiger partial charge < -0.3 is 15.4 Å². The summed E-state index contributed by atoms with van der Waals surface area (Å²) in [6.07, 6.45) is 1.74. The zero-order valence-electron chi connectivity index (χ0n) is 16.0. The van der Waals surface area contributed by atoms with Gasteiger partial charge in [0.05, 0.1) is 19.3 Å². The van der Waals surface area contributed by atoms with E-state index in [0.29, 0.717) is 25.2 Å². The van der Waals surface area contributed by atoms with E-state index in [1.165, 1.54) is 0 Å². The van der Waals surface area contributed by atoms with Gasteiger partial charge in [-0.15, -0.1) is 0 Å². The highest BCUT2D eigenvalue weighted by molar-refractivity contribution is 5.97. The number of carbonyl (C=O) groups is 2. The summed E-state index contributed by atoms with van der Waals surface area (Å²) in [6.45, 7) is 7.34. The maximum absolute atomic E-state index is 12.5. The maximum Gasteiger partial charge on any atom is 0.322 e. The molecular formula is C20H24N4O3. The Morgan fingerprint density at radius 1 is 1.30 bits per heavy atom. The monoisotopic (exact) mass is 368 g/mol. The van der Waals surface area contributed by atoms with Crippen LogP contribution in [0.25, 0.3) is 0 Å². The normalized spacial score (nSPS) is 13.5. The zero-order valence-corrected chi connectivity index (χ0v) is 16.0. The first-order chi connectivity index (χ1) is 12.9. The molecule has 142 valence electrons. The largest absolute Gasteiger partial charge is 0.496 e. The minimum absolute atomic E-state index is 0.106. The molecule has 1 aliphatic heterocycles. The number of hydrogen-bond donors (Lipinski definition) is 2. The van der Waals surface area contributed by atoms with Crippen molar-refractivity contribution in [1.82, 2.24) is 15.6 Å². The van der Waals surface area contributed by atoms with Crippen LogP contribution in [0.1, 0.15) is 32.7 Å². The zero-order chi connectivity index (χ0) is 19.6. The minimum Gasteiger partial charge on any atom is -0.496 e. The number of aromatic nitrogens is 1. The standard InChI is InChI=1S/C20H24N4O3/c1-12-9-15(5-6-17(12)24-8-7-21-20(24)26)19(25)23-11-16-14(3)18(27-4)13(2)10-22-16/h5-6,9-10H,7-8,11H2,1-4H3,(H,21,26)(H,23,25). The molecule has 7 heteroatoms. The van der Waals surface area contributed by atoms with E-state index >= 15 is 0 Å². The quantitative estimate of drug-likeness (QED) is 0.849. The Balaban J connectivity index is 1.72. The molecule has 2 N–H and O–H groups in total. The van der Waals surface area contributed by atoms with Crippen LogP contribution in [0.5, 0.6) is 5.75 Å². The molecule has 2 aromatic rings. The number of benzene rings is 1. The van der Waals surface area contributed by atoms with Gasteiger partial charge in [0.25, 0.3) is 5.91 Å². The summed E-state index contributed by atoms with van der Waals surface area (Å²) in [5.41, 5.74) is 4.90. The van der Waals surface area contributed by atoms with Gasteiger partial charge in [-0.25, -0.2) is 4.79 Å². The molecular weight excluding hydrogens is 344 g/mol. The molecule has 27 heavy (non-hydrogen) atoms. The van der Waals surface area contributed by atoms with Crippen LogP contribution in [-0.4, -0.2) is 37.1 Å². The van der Waals surface area contributed by atoms with E-state index in [2.05, 4.69) is 15.6 Å². The Bertz CT molecular complexity index is 895. The van der Waals surface area contributed by atoms with Crippen LogP contribution in [0.2, 0.25) is 0 Å². The number of nitrogens with one attached hydrogen (secondary N) is 2. The number of methoxy groups -OCH3 is 1. The fourth-order valence-electron chi connectivity index (χ4n) is 3.32. The van der Waals surface area contributed by atoms with Gasteiger partial charge >= 0.3 is 6.03 Å². The Morgan fingerprint density at radius 3 is 2.70 bits per heavy atom. The topological polar surface area (TPSA) is 83.6 Å². The molecule has 1 aliphatic rings. The highest BCUT2D eigenvalue weighted by Gasteiger charge is 2.23. The predicted octanol–water partition coefficient (Wildman–Crippen LogP) is 2.48. The van der Waals surface area contributed by atoms with Crippen LogP contribution in [0, 0.1) is 20.8 Å². The molecule has 0 spiro atoms. The Hall–Kier alpha value is -3.09. The Morgan fingerprint density at radius 2 is 2.07 bits per heavy atom. The van der Waals surface area contributed by atoms with Crippen LogP contribution in [0.15, 0.2) is 24.4 Å². The fourth-order valence-corrected chi connectivity index (χ4v) is 3.32. The highest BCUT2D eigenvalue weighted by Crippen LogP contribution is 2.25. The third kappa shape index (κ3) is 3.72. The van der Waals surface area contributed by atoms with Gasteiger partial charge in [-0.3, -0.25) is 14.7 Å². The van der Waals surface area contributed by atoms with Gasteiger partial charge in [0.15, 0.2) is 0 Å². The number of ether oxygens (including phenoxy) is 1. The van der Waals surface area contributed by atoms with Crippen LogP contribution < -0.4 is 20.3 Å². The second kappa shape index (κ2) is 7.65. The summed E-state index contributed by atoms with van der Waals surface area (Å²) in [5, 5.41) is 5.68. The number of rotatable bonds is 5. The number of nitrogens with zero attached hydrogens (tertiary/aromatic N) is 2. The number of hydrogen-bond acceptors (Lipinski definition) is 4.